The smallest absolute Gasteiger partial charge is 0.406 e. The number of imidazole rings is 1. The molecule has 1 heterocycles. The van der Waals surface area contributed by atoms with Gasteiger partial charge in [0.1, 0.15) is 5.75 Å². The summed E-state index contributed by atoms with van der Waals surface area (Å²) in [4.78, 5) is 19.6. The third-order valence-electron chi connectivity index (χ3n) is 3.78. The average Bonchev–Trinajstić information content (AvgIpc) is 2.97. The number of halogens is 3. The summed E-state index contributed by atoms with van der Waals surface area (Å²) in [6.45, 7) is 1.73. The summed E-state index contributed by atoms with van der Waals surface area (Å²) in [6.07, 6.45) is -4.35. The van der Waals surface area contributed by atoms with Crippen LogP contribution in [0, 0.1) is 5.92 Å². The number of hydrogen-bond acceptors (Lipinski definition) is 3. The number of aromatic amines is 1. The molecule has 1 atom stereocenters. The van der Waals surface area contributed by atoms with E-state index in [1.807, 2.05) is 24.3 Å². The number of benzene rings is 2. The summed E-state index contributed by atoms with van der Waals surface area (Å²) >= 11 is 0. The fraction of sp³-hybridized carbons (Fsp3) is 0.222. The minimum Gasteiger partial charge on any atom is -0.406 e. The lowest BCUT2D eigenvalue weighted by Crippen LogP contribution is -2.22. The molecule has 2 N–H and O–H groups in total. The molecule has 0 bridgehead atoms. The molecule has 3 aromatic rings. The standard InChI is InChI=1S/C18H16F3N3O2/c1-11(10-12-6-8-13(9-7-12)26-18(19,20)21)16(25)24-17-22-14-4-2-3-5-15(14)23-17/h2-9,11H,10H2,1H3,(H2,22,23,24,25). The van der Waals surface area contributed by atoms with E-state index in [9.17, 15) is 18.0 Å². The number of para-hydroxylation sites is 2. The number of carbonyl (C=O) groups is 1. The van der Waals surface area contributed by atoms with Crippen LogP contribution in [0.2, 0.25) is 0 Å². The van der Waals surface area contributed by atoms with Crippen LogP contribution in [0.15, 0.2) is 48.5 Å². The first kappa shape index (κ1) is 17.8. The lowest BCUT2D eigenvalue weighted by molar-refractivity contribution is -0.274. The average molecular weight is 363 g/mol. The van der Waals surface area contributed by atoms with Crippen molar-refractivity contribution in [3.05, 3.63) is 54.1 Å². The van der Waals surface area contributed by atoms with Crippen LogP contribution in [0.3, 0.4) is 0 Å². The van der Waals surface area contributed by atoms with Crippen molar-refractivity contribution in [3.8, 4) is 5.75 Å². The fourth-order valence-corrected chi connectivity index (χ4v) is 2.53. The van der Waals surface area contributed by atoms with Crippen LogP contribution >= 0.6 is 0 Å². The lowest BCUT2D eigenvalue weighted by Gasteiger charge is -2.12. The Morgan fingerprint density at radius 1 is 1.19 bits per heavy atom. The molecule has 3 rings (SSSR count). The highest BCUT2D eigenvalue weighted by atomic mass is 19.4. The Hall–Kier alpha value is -3.03. The molecule has 2 aromatic carbocycles. The van der Waals surface area contributed by atoms with Crippen molar-refractivity contribution in [3.63, 3.8) is 0 Å². The van der Waals surface area contributed by atoms with Gasteiger partial charge in [0.15, 0.2) is 0 Å². The van der Waals surface area contributed by atoms with Gasteiger partial charge in [0.2, 0.25) is 11.9 Å². The van der Waals surface area contributed by atoms with E-state index < -0.39 is 12.3 Å². The third-order valence-corrected chi connectivity index (χ3v) is 3.78. The van der Waals surface area contributed by atoms with Gasteiger partial charge in [0.05, 0.1) is 11.0 Å². The van der Waals surface area contributed by atoms with Crippen LogP contribution in [0.4, 0.5) is 19.1 Å². The van der Waals surface area contributed by atoms with E-state index in [1.54, 1.807) is 6.92 Å². The maximum absolute atomic E-state index is 12.3. The molecule has 26 heavy (non-hydrogen) atoms. The number of anilines is 1. The minimum atomic E-state index is -4.72. The monoisotopic (exact) mass is 363 g/mol. The normalized spacial score (nSPS) is 12.8. The zero-order valence-electron chi connectivity index (χ0n) is 13.8. The maximum atomic E-state index is 12.3. The topological polar surface area (TPSA) is 67.0 Å². The van der Waals surface area contributed by atoms with Gasteiger partial charge < -0.3 is 9.72 Å². The number of nitrogens with one attached hydrogen (secondary N) is 2. The number of amides is 1. The van der Waals surface area contributed by atoms with Crippen molar-refractivity contribution in [2.24, 2.45) is 5.92 Å². The van der Waals surface area contributed by atoms with Gasteiger partial charge in [-0.25, -0.2) is 4.98 Å². The van der Waals surface area contributed by atoms with Gasteiger partial charge in [-0.05, 0) is 36.2 Å². The van der Waals surface area contributed by atoms with Gasteiger partial charge in [0.25, 0.3) is 0 Å². The predicted molar refractivity (Wildman–Crippen MR) is 90.7 cm³/mol. The van der Waals surface area contributed by atoms with E-state index in [0.29, 0.717) is 12.4 Å². The summed E-state index contributed by atoms with van der Waals surface area (Å²) in [5.41, 5.74) is 2.29. The summed E-state index contributed by atoms with van der Waals surface area (Å²) in [5, 5.41) is 2.71. The van der Waals surface area contributed by atoms with E-state index in [-0.39, 0.29) is 11.7 Å². The van der Waals surface area contributed by atoms with Crippen molar-refractivity contribution >= 4 is 22.9 Å². The number of rotatable bonds is 5. The van der Waals surface area contributed by atoms with E-state index in [0.717, 1.165) is 16.6 Å². The number of alkyl halides is 3. The van der Waals surface area contributed by atoms with Crippen molar-refractivity contribution in [2.75, 3.05) is 5.32 Å². The second-order valence-electron chi connectivity index (χ2n) is 5.89. The largest absolute Gasteiger partial charge is 0.573 e. The first-order valence-corrected chi connectivity index (χ1v) is 7.90. The molecular weight excluding hydrogens is 347 g/mol. The molecule has 136 valence electrons. The van der Waals surface area contributed by atoms with Gasteiger partial charge in [-0.3, -0.25) is 10.1 Å². The molecule has 0 aliphatic heterocycles. The molecule has 0 radical (unpaired) electrons. The van der Waals surface area contributed by atoms with Crippen molar-refractivity contribution in [2.45, 2.75) is 19.7 Å². The van der Waals surface area contributed by atoms with Crippen LogP contribution in [0.5, 0.6) is 5.75 Å². The maximum Gasteiger partial charge on any atom is 0.573 e. The molecule has 0 aliphatic rings. The van der Waals surface area contributed by atoms with Crippen LogP contribution < -0.4 is 10.1 Å². The van der Waals surface area contributed by atoms with E-state index in [4.69, 9.17) is 0 Å². The highest BCUT2D eigenvalue weighted by molar-refractivity contribution is 5.92. The zero-order chi connectivity index (χ0) is 18.7. The van der Waals surface area contributed by atoms with Crippen LogP contribution in [0.1, 0.15) is 12.5 Å². The highest BCUT2D eigenvalue weighted by Gasteiger charge is 2.31. The summed E-state index contributed by atoms with van der Waals surface area (Å²) in [7, 11) is 0. The number of fused-ring (bicyclic) bond motifs is 1. The molecule has 0 spiro atoms. The Labute approximate surface area is 147 Å². The van der Waals surface area contributed by atoms with Crippen molar-refractivity contribution < 1.29 is 22.7 Å². The van der Waals surface area contributed by atoms with Gasteiger partial charge in [-0.2, -0.15) is 0 Å². The Morgan fingerprint density at radius 3 is 2.54 bits per heavy atom. The molecule has 8 heteroatoms. The summed E-state index contributed by atoms with van der Waals surface area (Å²) < 4.78 is 40.3. The molecule has 5 nitrogen and oxygen atoms in total. The lowest BCUT2D eigenvalue weighted by atomic mass is 10.0. The summed E-state index contributed by atoms with van der Waals surface area (Å²) in [5.74, 6) is -0.560. The van der Waals surface area contributed by atoms with Crippen LogP contribution in [0.25, 0.3) is 11.0 Å². The van der Waals surface area contributed by atoms with Crippen LogP contribution in [-0.4, -0.2) is 22.2 Å². The first-order valence-electron chi connectivity index (χ1n) is 7.90. The van der Waals surface area contributed by atoms with Crippen molar-refractivity contribution in [1.82, 2.24) is 9.97 Å². The van der Waals surface area contributed by atoms with Gasteiger partial charge >= 0.3 is 6.36 Å². The molecule has 1 aromatic heterocycles. The Bertz CT molecular complexity index is 871. The number of H-pyrrole nitrogens is 1. The predicted octanol–water partition coefficient (Wildman–Crippen LogP) is 4.28. The van der Waals surface area contributed by atoms with Crippen LogP contribution in [-0.2, 0) is 11.2 Å². The number of hydrogen-bond donors (Lipinski definition) is 2. The number of ether oxygens (including phenoxy) is 1. The minimum absolute atomic E-state index is 0.236. The molecule has 1 amide bonds. The Balaban J connectivity index is 1.60. The highest BCUT2D eigenvalue weighted by Crippen LogP contribution is 2.23. The van der Waals surface area contributed by atoms with E-state index in [2.05, 4.69) is 20.0 Å². The number of aromatic nitrogens is 2. The second kappa shape index (κ2) is 7.07. The van der Waals surface area contributed by atoms with Gasteiger partial charge in [0, 0.05) is 5.92 Å². The molecule has 0 saturated carbocycles. The van der Waals surface area contributed by atoms with Gasteiger partial charge in [-0.15, -0.1) is 13.2 Å². The zero-order valence-corrected chi connectivity index (χ0v) is 13.8. The van der Waals surface area contributed by atoms with E-state index in [1.165, 1.54) is 24.3 Å². The number of nitrogens with zero attached hydrogens (tertiary/aromatic N) is 1. The van der Waals surface area contributed by atoms with Crippen molar-refractivity contribution in [1.29, 1.82) is 0 Å². The first-order chi connectivity index (χ1) is 12.3. The number of carbonyl (C=O) groups excluding carboxylic acids is 1. The third kappa shape index (κ3) is 4.53. The Morgan fingerprint density at radius 2 is 1.88 bits per heavy atom. The molecule has 1 unspecified atom stereocenters. The molecular formula is C18H16F3N3O2. The summed E-state index contributed by atoms with van der Waals surface area (Å²) in [6, 6.07) is 12.9. The molecule has 0 saturated heterocycles. The fourth-order valence-electron chi connectivity index (χ4n) is 2.53. The second-order valence-corrected chi connectivity index (χ2v) is 5.89. The quantitative estimate of drug-likeness (QED) is 0.711. The molecule has 0 fully saturated rings. The van der Waals surface area contributed by atoms with Gasteiger partial charge in [-0.1, -0.05) is 31.2 Å². The molecule has 0 aliphatic carbocycles. The SMILES string of the molecule is CC(Cc1ccc(OC(F)(F)F)cc1)C(=O)Nc1nc2ccccc2[nH]1. The van der Waals surface area contributed by atoms with E-state index >= 15 is 0 Å². The Kier molecular flexibility index (Phi) is 4.83.